The summed E-state index contributed by atoms with van der Waals surface area (Å²) in [5.74, 6) is -0.314. The van der Waals surface area contributed by atoms with Crippen LogP contribution in [0.1, 0.15) is 18.9 Å². The molecule has 2 rings (SSSR count). The summed E-state index contributed by atoms with van der Waals surface area (Å²) in [4.78, 5) is 23.4. The lowest BCUT2D eigenvalue weighted by molar-refractivity contribution is -0.384. The van der Waals surface area contributed by atoms with E-state index in [1.807, 2.05) is 6.92 Å². The highest BCUT2D eigenvalue weighted by atomic mass is 32.1. The highest BCUT2D eigenvalue weighted by molar-refractivity contribution is 7.80. The number of benzene rings is 1. The molecular formula is C14H15N7O3S. The van der Waals surface area contributed by atoms with Crippen molar-refractivity contribution < 1.29 is 9.72 Å². The van der Waals surface area contributed by atoms with Gasteiger partial charge in [-0.1, -0.05) is 24.2 Å². The van der Waals surface area contributed by atoms with Crippen LogP contribution in [0.5, 0.6) is 0 Å². The van der Waals surface area contributed by atoms with E-state index in [0.717, 1.165) is 6.42 Å². The maximum absolute atomic E-state index is 11.8. The minimum Gasteiger partial charge on any atom is -0.299 e. The summed E-state index contributed by atoms with van der Waals surface area (Å²) in [6.07, 6.45) is 3.52. The molecule has 2 aromatic rings. The second-order valence-corrected chi connectivity index (χ2v) is 5.25. The van der Waals surface area contributed by atoms with Gasteiger partial charge in [0, 0.05) is 18.2 Å². The number of carbonyl (C=O) groups is 1. The summed E-state index contributed by atoms with van der Waals surface area (Å²) in [6.45, 7) is 2.61. The predicted octanol–water partition coefficient (Wildman–Crippen LogP) is 1.52. The molecule has 1 amide bonds. The monoisotopic (exact) mass is 361 g/mol. The Kier molecular flexibility index (Phi) is 6.23. The highest BCUT2D eigenvalue weighted by Gasteiger charge is 2.07. The van der Waals surface area contributed by atoms with Crippen molar-refractivity contribution in [1.82, 2.24) is 25.5 Å². The highest BCUT2D eigenvalue weighted by Crippen LogP contribution is 2.13. The lowest BCUT2D eigenvalue weighted by Gasteiger charge is -2.03. The number of nitro benzene ring substituents is 1. The van der Waals surface area contributed by atoms with Crippen LogP contribution in [0.3, 0.4) is 0 Å². The van der Waals surface area contributed by atoms with E-state index < -0.39 is 10.8 Å². The summed E-state index contributed by atoms with van der Waals surface area (Å²) in [5.41, 5.74) is 0.466. The lowest BCUT2D eigenvalue weighted by atomic mass is 10.2. The zero-order valence-electron chi connectivity index (χ0n) is 13.2. The first kappa shape index (κ1) is 18.1. The Morgan fingerprint density at radius 1 is 1.48 bits per heavy atom. The van der Waals surface area contributed by atoms with Crippen LogP contribution in [0.15, 0.2) is 30.3 Å². The molecule has 130 valence electrons. The van der Waals surface area contributed by atoms with Crippen molar-refractivity contribution in [2.75, 3.05) is 5.32 Å². The van der Waals surface area contributed by atoms with Gasteiger partial charge in [-0.2, -0.15) is 4.80 Å². The Bertz CT molecular complexity index is 818. The SMILES string of the molecule is CCCn1nnc(NC(=S)NC(=O)C=Cc2cccc([N+](=O)[O-])c2)n1. The molecule has 1 aromatic carbocycles. The van der Waals surface area contributed by atoms with E-state index >= 15 is 0 Å². The first-order valence-electron chi connectivity index (χ1n) is 7.30. The molecule has 0 radical (unpaired) electrons. The minimum atomic E-state index is -0.505. The van der Waals surface area contributed by atoms with Crippen LogP contribution in [0.2, 0.25) is 0 Å². The normalized spacial score (nSPS) is 10.6. The maximum Gasteiger partial charge on any atom is 0.270 e. The van der Waals surface area contributed by atoms with Gasteiger partial charge >= 0.3 is 0 Å². The zero-order chi connectivity index (χ0) is 18.2. The fourth-order valence-electron chi connectivity index (χ4n) is 1.79. The molecule has 0 aliphatic heterocycles. The number of nitrogens with zero attached hydrogens (tertiary/aromatic N) is 5. The van der Waals surface area contributed by atoms with Crippen molar-refractivity contribution in [1.29, 1.82) is 0 Å². The number of rotatable bonds is 6. The van der Waals surface area contributed by atoms with Gasteiger partial charge in [0.1, 0.15) is 0 Å². The quantitative estimate of drug-likeness (QED) is 0.343. The Morgan fingerprint density at radius 2 is 2.28 bits per heavy atom. The van der Waals surface area contributed by atoms with Crippen LogP contribution >= 0.6 is 12.2 Å². The Morgan fingerprint density at radius 3 is 3.00 bits per heavy atom. The Labute approximate surface area is 148 Å². The molecule has 0 saturated heterocycles. The van der Waals surface area contributed by atoms with Crippen molar-refractivity contribution in [3.8, 4) is 0 Å². The third kappa shape index (κ3) is 5.73. The largest absolute Gasteiger partial charge is 0.299 e. The topological polar surface area (TPSA) is 128 Å². The van der Waals surface area contributed by atoms with Gasteiger partial charge in [0.2, 0.25) is 5.91 Å². The Balaban J connectivity index is 1.89. The Hall–Kier alpha value is -3.21. The van der Waals surface area contributed by atoms with Crippen LogP contribution in [0, 0.1) is 10.1 Å². The molecule has 0 unspecified atom stereocenters. The van der Waals surface area contributed by atoms with Crippen LogP contribution in [0.25, 0.3) is 6.08 Å². The molecule has 2 N–H and O–H groups in total. The zero-order valence-corrected chi connectivity index (χ0v) is 14.1. The smallest absolute Gasteiger partial charge is 0.270 e. The molecule has 0 spiro atoms. The molecule has 0 aliphatic rings. The number of nitrogens with one attached hydrogen (secondary N) is 2. The van der Waals surface area contributed by atoms with Gasteiger partial charge in [-0.15, -0.1) is 5.10 Å². The molecule has 0 bridgehead atoms. The van der Waals surface area contributed by atoms with E-state index in [2.05, 4.69) is 26.0 Å². The number of nitro groups is 1. The molecule has 25 heavy (non-hydrogen) atoms. The number of aryl methyl sites for hydroxylation is 1. The first-order valence-corrected chi connectivity index (χ1v) is 7.71. The van der Waals surface area contributed by atoms with Crippen molar-refractivity contribution in [3.63, 3.8) is 0 Å². The fraction of sp³-hybridized carbons (Fsp3) is 0.214. The van der Waals surface area contributed by atoms with Gasteiger partial charge < -0.3 is 0 Å². The second kappa shape index (κ2) is 8.59. The van der Waals surface area contributed by atoms with Gasteiger partial charge in [0.15, 0.2) is 5.11 Å². The molecule has 1 heterocycles. The van der Waals surface area contributed by atoms with E-state index in [9.17, 15) is 14.9 Å². The van der Waals surface area contributed by atoms with Gasteiger partial charge in [0.05, 0.1) is 11.5 Å². The molecule has 1 aromatic heterocycles. The van der Waals surface area contributed by atoms with Crippen LogP contribution in [0.4, 0.5) is 11.6 Å². The van der Waals surface area contributed by atoms with Crippen LogP contribution < -0.4 is 10.6 Å². The molecule has 11 heteroatoms. The molecule has 10 nitrogen and oxygen atoms in total. The summed E-state index contributed by atoms with van der Waals surface area (Å²) < 4.78 is 0. The van der Waals surface area contributed by atoms with E-state index in [4.69, 9.17) is 12.2 Å². The number of hydrogen-bond acceptors (Lipinski definition) is 7. The number of carbonyl (C=O) groups excluding carboxylic acids is 1. The van der Waals surface area contributed by atoms with E-state index in [1.165, 1.54) is 35.1 Å². The molecule has 0 fully saturated rings. The van der Waals surface area contributed by atoms with Gasteiger partial charge in [-0.05, 0) is 35.5 Å². The third-order valence-electron chi connectivity index (χ3n) is 2.85. The van der Waals surface area contributed by atoms with Crippen LogP contribution in [-0.4, -0.2) is 36.2 Å². The van der Waals surface area contributed by atoms with Gasteiger partial charge in [-0.25, -0.2) is 0 Å². The summed E-state index contributed by atoms with van der Waals surface area (Å²) in [7, 11) is 0. The van der Waals surface area contributed by atoms with Crippen molar-refractivity contribution in [3.05, 3.63) is 46.0 Å². The standard InChI is InChI=1S/C14H15N7O3S/c1-2-8-20-18-13(17-19-20)16-14(25)15-12(22)7-6-10-4-3-5-11(9-10)21(23)24/h3-7,9H,2,8H2,1H3,(H2,15,16,18,22,25). The van der Waals surface area contributed by atoms with Crippen molar-refractivity contribution in [2.24, 2.45) is 0 Å². The van der Waals surface area contributed by atoms with E-state index in [1.54, 1.807) is 6.07 Å². The molecule has 0 aliphatic carbocycles. The summed E-state index contributed by atoms with van der Waals surface area (Å²) in [5, 5.41) is 27.4. The van der Waals surface area contributed by atoms with Gasteiger partial charge in [-0.3, -0.25) is 25.5 Å². The predicted molar refractivity (Wildman–Crippen MR) is 94.6 cm³/mol. The molecule has 0 atom stereocenters. The maximum atomic E-state index is 11.8. The molecular weight excluding hydrogens is 346 g/mol. The average molecular weight is 361 g/mol. The number of hydrogen-bond donors (Lipinski definition) is 2. The number of anilines is 1. The van der Waals surface area contributed by atoms with E-state index in [-0.39, 0.29) is 16.7 Å². The average Bonchev–Trinajstić information content (AvgIpc) is 3.00. The number of tetrazole rings is 1. The van der Waals surface area contributed by atoms with E-state index in [0.29, 0.717) is 12.1 Å². The van der Waals surface area contributed by atoms with Crippen molar-refractivity contribution in [2.45, 2.75) is 19.9 Å². The van der Waals surface area contributed by atoms with Crippen LogP contribution in [-0.2, 0) is 11.3 Å². The van der Waals surface area contributed by atoms with Gasteiger partial charge in [0.25, 0.3) is 11.6 Å². The number of thiocarbonyl (C=S) groups is 1. The molecule has 0 saturated carbocycles. The second-order valence-electron chi connectivity index (χ2n) is 4.84. The van der Waals surface area contributed by atoms with Crippen molar-refractivity contribution >= 4 is 40.9 Å². The number of amides is 1. The first-order chi connectivity index (χ1) is 12.0. The number of non-ortho nitro benzene ring substituents is 1. The number of aromatic nitrogens is 4. The lowest BCUT2D eigenvalue weighted by Crippen LogP contribution is -2.33. The third-order valence-corrected chi connectivity index (χ3v) is 3.05. The summed E-state index contributed by atoms with van der Waals surface area (Å²) >= 11 is 4.99. The fourth-order valence-corrected chi connectivity index (χ4v) is 1.98. The summed E-state index contributed by atoms with van der Waals surface area (Å²) in [6, 6.07) is 5.90. The minimum absolute atomic E-state index is 0.0183.